The summed E-state index contributed by atoms with van der Waals surface area (Å²) >= 11 is 0. The number of fused-ring (bicyclic) bond motifs is 1. The fourth-order valence-electron chi connectivity index (χ4n) is 2.65. The molecule has 0 saturated carbocycles. The van der Waals surface area contributed by atoms with Crippen LogP contribution in [0.15, 0.2) is 0 Å². The van der Waals surface area contributed by atoms with E-state index in [2.05, 4.69) is 24.1 Å². The van der Waals surface area contributed by atoms with Crippen molar-refractivity contribution in [1.82, 2.24) is 14.9 Å². The molecule has 6 heteroatoms. The van der Waals surface area contributed by atoms with Gasteiger partial charge in [0.1, 0.15) is 5.82 Å². The Morgan fingerprint density at radius 1 is 1.35 bits per heavy atom. The first-order valence-electron chi connectivity index (χ1n) is 7.21. The molecule has 0 aliphatic carbocycles. The SMILES string of the molecule is CC(C)Cc1nc2c(n1CCCC(F)(F)F)CCNC2. The normalized spacial score (nSPS) is 15.7. The number of halogens is 3. The fraction of sp³-hybridized carbons (Fsp3) is 0.786. The van der Waals surface area contributed by atoms with E-state index in [1.54, 1.807) is 0 Å². The Bertz CT molecular complexity index is 449. The molecule has 0 amide bonds. The third-order valence-corrected chi connectivity index (χ3v) is 3.50. The van der Waals surface area contributed by atoms with Crippen molar-refractivity contribution in [1.29, 1.82) is 0 Å². The molecule has 3 nitrogen and oxygen atoms in total. The van der Waals surface area contributed by atoms with Crippen LogP contribution < -0.4 is 5.32 Å². The Morgan fingerprint density at radius 3 is 2.75 bits per heavy atom. The van der Waals surface area contributed by atoms with E-state index in [9.17, 15) is 13.2 Å². The number of rotatable bonds is 5. The summed E-state index contributed by atoms with van der Waals surface area (Å²) in [4.78, 5) is 4.63. The average Bonchev–Trinajstić information content (AvgIpc) is 2.65. The summed E-state index contributed by atoms with van der Waals surface area (Å²) in [6.07, 6.45) is -2.99. The predicted molar refractivity (Wildman–Crippen MR) is 71.5 cm³/mol. The van der Waals surface area contributed by atoms with Crippen molar-refractivity contribution >= 4 is 0 Å². The van der Waals surface area contributed by atoms with Crippen molar-refractivity contribution in [3.63, 3.8) is 0 Å². The number of hydrogen-bond donors (Lipinski definition) is 1. The molecule has 0 fully saturated rings. The molecule has 0 saturated heterocycles. The Hall–Kier alpha value is -1.04. The molecule has 0 spiro atoms. The molecule has 1 N–H and O–H groups in total. The maximum Gasteiger partial charge on any atom is 0.389 e. The highest BCUT2D eigenvalue weighted by Gasteiger charge is 2.27. The molecule has 1 aromatic rings. The summed E-state index contributed by atoms with van der Waals surface area (Å²) in [6.45, 7) is 6.23. The largest absolute Gasteiger partial charge is 0.389 e. The highest BCUT2D eigenvalue weighted by atomic mass is 19.4. The molecule has 0 radical (unpaired) electrons. The second kappa shape index (κ2) is 6.16. The first-order chi connectivity index (χ1) is 9.37. The van der Waals surface area contributed by atoms with Gasteiger partial charge in [-0.3, -0.25) is 0 Å². The van der Waals surface area contributed by atoms with E-state index in [0.717, 1.165) is 43.1 Å². The highest BCUT2D eigenvalue weighted by molar-refractivity contribution is 5.20. The third kappa shape index (κ3) is 3.98. The van der Waals surface area contributed by atoms with Crippen LogP contribution in [0.3, 0.4) is 0 Å². The van der Waals surface area contributed by atoms with Crippen molar-refractivity contribution < 1.29 is 13.2 Å². The molecule has 1 aliphatic rings. The van der Waals surface area contributed by atoms with Gasteiger partial charge >= 0.3 is 6.18 Å². The summed E-state index contributed by atoms with van der Waals surface area (Å²) < 4.78 is 38.9. The number of nitrogens with zero attached hydrogens (tertiary/aromatic N) is 2. The summed E-state index contributed by atoms with van der Waals surface area (Å²) in [5.74, 6) is 1.39. The van der Waals surface area contributed by atoms with E-state index in [1.165, 1.54) is 0 Å². The van der Waals surface area contributed by atoms with Crippen molar-refractivity contribution in [3.05, 3.63) is 17.2 Å². The second-order valence-electron chi connectivity index (χ2n) is 5.82. The van der Waals surface area contributed by atoms with Gasteiger partial charge in [-0.25, -0.2) is 4.98 Å². The quantitative estimate of drug-likeness (QED) is 0.903. The highest BCUT2D eigenvalue weighted by Crippen LogP contribution is 2.24. The van der Waals surface area contributed by atoms with Crippen LogP contribution in [0, 0.1) is 5.92 Å². The van der Waals surface area contributed by atoms with Crippen LogP contribution in [0.25, 0.3) is 0 Å². The predicted octanol–water partition coefficient (Wildman–Crippen LogP) is 3.07. The molecule has 0 bridgehead atoms. The minimum atomic E-state index is -4.07. The van der Waals surface area contributed by atoms with Gasteiger partial charge in [-0.05, 0) is 12.3 Å². The third-order valence-electron chi connectivity index (χ3n) is 3.50. The maximum absolute atomic E-state index is 12.3. The minimum Gasteiger partial charge on any atom is -0.332 e. The molecule has 2 heterocycles. The van der Waals surface area contributed by atoms with Crippen LogP contribution in [0.2, 0.25) is 0 Å². The van der Waals surface area contributed by atoms with Crippen molar-refractivity contribution in [2.75, 3.05) is 6.54 Å². The van der Waals surface area contributed by atoms with Crippen LogP contribution in [-0.2, 0) is 25.9 Å². The Morgan fingerprint density at radius 2 is 2.10 bits per heavy atom. The second-order valence-corrected chi connectivity index (χ2v) is 5.82. The van der Waals surface area contributed by atoms with Gasteiger partial charge < -0.3 is 9.88 Å². The summed E-state index contributed by atoms with van der Waals surface area (Å²) in [7, 11) is 0. The molecule has 20 heavy (non-hydrogen) atoms. The molecule has 1 aromatic heterocycles. The van der Waals surface area contributed by atoms with E-state index in [1.807, 2.05) is 4.57 Å². The van der Waals surface area contributed by atoms with Crippen molar-refractivity contribution in [2.45, 2.75) is 58.8 Å². The van der Waals surface area contributed by atoms with Gasteiger partial charge in [-0.15, -0.1) is 0 Å². The zero-order chi connectivity index (χ0) is 14.8. The number of aromatic nitrogens is 2. The minimum absolute atomic E-state index is 0.130. The first kappa shape index (κ1) is 15.4. The lowest BCUT2D eigenvalue weighted by molar-refractivity contribution is -0.135. The van der Waals surface area contributed by atoms with Crippen LogP contribution >= 0.6 is 0 Å². The van der Waals surface area contributed by atoms with Crippen LogP contribution in [0.1, 0.15) is 43.9 Å². The van der Waals surface area contributed by atoms with Crippen LogP contribution in [0.5, 0.6) is 0 Å². The fourth-order valence-corrected chi connectivity index (χ4v) is 2.65. The van der Waals surface area contributed by atoms with Crippen molar-refractivity contribution in [2.24, 2.45) is 5.92 Å². The van der Waals surface area contributed by atoms with E-state index < -0.39 is 12.6 Å². The Balaban J connectivity index is 2.13. The van der Waals surface area contributed by atoms with E-state index in [4.69, 9.17) is 0 Å². The smallest absolute Gasteiger partial charge is 0.332 e. The lowest BCUT2D eigenvalue weighted by Crippen LogP contribution is -2.25. The number of imidazole rings is 1. The molecular weight excluding hydrogens is 267 g/mol. The Kier molecular flexibility index (Phi) is 4.73. The Labute approximate surface area is 117 Å². The van der Waals surface area contributed by atoms with Gasteiger partial charge in [0.05, 0.1) is 5.69 Å². The van der Waals surface area contributed by atoms with Gasteiger partial charge in [0.15, 0.2) is 0 Å². The number of alkyl halides is 3. The molecule has 0 unspecified atom stereocenters. The monoisotopic (exact) mass is 289 g/mol. The van der Waals surface area contributed by atoms with Gasteiger partial charge in [-0.1, -0.05) is 13.8 Å². The summed E-state index contributed by atoms with van der Waals surface area (Å²) in [5, 5.41) is 3.26. The molecule has 1 aliphatic heterocycles. The molecule has 2 rings (SSSR count). The maximum atomic E-state index is 12.3. The average molecular weight is 289 g/mol. The van der Waals surface area contributed by atoms with Crippen LogP contribution in [0.4, 0.5) is 13.2 Å². The van der Waals surface area contributed by atoms with Crippen molar-refractivity contribution in [3.8, 4) is 0 Å². The zero-order valence-electron chi connectivity index (χ0n) is 12.1. The lowest BCUT2D eigenvalue weighted by Gasteiger charge is -2.17. The van der Waals surface area contributed by atoms with Crippen LogP contribution in [-0.4, -0.2) is 22.3 Å². The van der Waals surface area contributed by atoms with Gasteiger partial charge in [0, 0.05) is 44.6 Å². The first-order valence-corrected chi connectivity index (χ1v) is 7.21. The summed E-state index contributed by atoms with van der Waals surface area (Å²) in [5.41, 5.74) is 2.14. The topological polar surface area (TPSA) is 29.9 Å². The molecular formula is C14H22F3N3. The number of hydrogen-bond acceptors (Lipinski definition) is 2. The van der Waals surface area contributed by atoms with Gasteiger partial charge in [-0.2, -0.15) is 13.2 Å². The number of nitrogens with one attached hydrogen (secondary N) is 1. The van der Waals surface area contributed by atoms with Gasteiger partial charge in [0.2, 0.25) is 0 Å². The van der Waals surface area contributed by atoms with E-state index in [0.29, 0.717) is 12.5 Å². The zero-order valence-corrected chi connectivity index (χ0v) is 12.1. The standard InChI is InChI=1S/C14H22F3N3/c1-10(2)8-13-19-11-9-18-6-4-12(11)20(13)7-3-5-14(15,16)17/h10,18H,3-9H2,1-2H3. The molecule has 0 aromatic carbocycles. The van der Waals surface area contributed by atoms with Gasteiger partial charge in [0.25, 0.3) is 0 Å². The lowest BCUT2D eigenvalue weighted by atomic mass is 10.1. The molecule has 0 atom stereocenters. The summed E-state index contributed by atoms with van der Waals surface area (Å²) in [6, 6.07) is 0. The van der Waals surface area contributed by atoms with E-state index in [-0.39, 0.29) is 6.42 Å². The van der Waals surface area contributed by atoms with E-state index >= 15 is 0 Å². The molecule has 114 valence electrons.